The summed E-state index contributed by atoms with van der Waals surface area (Å²) in [5.74, 6) is -1.27. The average Bonchev–Trinajstić information content (AvgIpc) is 3.13. The van der Waals surface area contributed by atoms with E-state index in [9.17, 15) is 14.4 Å². The summed E-state index contributed by atoms with van der Waals surface area (Å²) in [4.78, 5) is 43.3. The fraction of sp³-hybridized carbons (Fsp3) is 0.138. The van der Waals surface area contributed by atoms with Crippen LogP contribution in [0, 0.1) is 0 Å². The van der Waals surface area contributed by atoms with Crippen LogP contribution in [0.5, 0.6) is 0 Å². The van der Waals surface area contributed by atoms with Gasteiger partial charge in [-0.15, -0.1) is 13.2 Å². The SMILES string of the molecule is C=CCC(C(=O)N(Cc1ccccc1)[C@@H](C=C)c1ccccc1)N1C(=O)c2ccccc2C1=O. The predicted molar refractivity (Wildman–Crippen MR) is 132 cm³/mol. The molecule has 1 unspecified atom stereocenters. The van der Waals surface area contributed by atoms with Gasteiger partial charge in [0.25, 0.3) is 11.8 Å². The average molecular weight is 451 g/mol. The van der Waals surface area contributed by atoms with E-state index >= 15 is 0 Å². The van der Waals surface area contributed by atoms with E-state index in [1.165, 1.54) is 0 Å². The van der Waals surface area contributed by atoms with Gasteiger partial charge in [0.1, 0.15) is 6.04 Å². The third-order valence-electron chi connectivity index (χ3n) is 5.99. The number of hydrogen-bond donors (Lipinski definition) is 0. The lowest BCUT2D eigenvalue weighted by atomic mass is 10.0. The van der Waals surface area contributed by atoms with E-state index in [4.69, 9.17) is 0 Å². The van der Waals surface area contributed by atoms with Crippen LogP contribution >= 0.6 is 0 Å². The minimum atomic E-state index is -1.01. The summed E-state index contributed by atoms with van der Waals surface area (Å²) in [6, 6.07) is 24.4. The first kappa shape index (κ1) is 22.9. The highest BCUT2D eigenvalue weighted by atomic mass is 16.2. The Labute approximate surface area is 199 Å². The molecule has 3 aromatic rings. The van der Waals surface area contributed by atoms with E-state index in [2.05, 4.69) is 13.2 Å². The fourth-order valence-corrected chi connectivity index (χ4v) is 4.34. The number of nitrogens with zero attached hydrogens (tertiary/aromatic N) is 2. The van der Waals surface area contributed by atoms with Gasteiger partial charge in [0.05, 0.1) is 17.2 Å². The molecule has 1 aliphatic heterocycles. The number of carbonyl (C=O) groups excluding carboxylic acids is 3. The summed E-state index contributed by atoms with van der Waals surface area (Å²) >= 11 is 0. The number of benzene rings is 3. The van der Waals surface area contributed by atoms with Crippen LogP contribution in [0.2, 0.25) is 0 Å². The number of imide groups is 1. The Balaban J connectivity index is 1.75. The monoisotopic (exact) mass is 450 g/mol. The molecule has 0 saturated carbocycles. The molecule has 2 atom stereocenters. The summed E-state index contributed by atoms with van der Waals surface area (Å²) in [5, 5.41) is 0. The molecule has 5 heteroatoms. The zero-order valence-electron chi connectivity index (χ0n) is 18.8. The molecule has 1 aliphatic rings. The Morgan fingerprint density at radius 2 is 1.35 bits per heavy atom. The molecular formula is C29H26N2O3. The third-order valence-corrected chi connectivity index (χ3v) is 5.99. The van der Waals surface area contributed by atoms with Crippen LogP contribution in [0.25, 0.3) is 0 Å². The molecule has 0 radical (unpaired) electrons. The highest BCUT2D eigenvalue weighted by Crippen LogP contribution is 2.30. The molecule has 3 amide bonds. The molecule has 34 heavy (non-hydrogen) atoms. The maximum absolute atomic E-state index is 14.1. The van der Waals surface area contributed by atoms with Gasteiger partial charge in [-0.2, -0.15) is 0 Å². The van der Waals surface area contributed by atoms with Crippen molar-refractivity contribution in [2.24, 2.45) is 0 Å². The highest BCUT2D eigenvalue weighted by molar-refractivity contribution is 6.22. The first-order valence-corrected chi connectivity index (χ1v) is 11.2. The molecule has 0 fully saturated rings. The molecule has 0 N–H and O–H groups in total. The van der Waals surface area contributed by atoms with Crippen molar-refractivity contribution in [1.82, 2.24) is 9.80 Å². The second kappa shape index (κ2) is 10.1. The Morgan fingerprint density at radius 1 is 0.824 bits per heavy atom. The summed E-state index contributed by atoms with van der Waals surface area (Å²) in [6.45, 7) is 8.06. The number of carbonyl (C=O) groups is 3. The molecule has 3 aromatic carbocycles. The van der Waals surface area contributed by atoms with Gasteiger partial charge < -0.3 is 4.90 Å². The van der Waals surface area contributed by atoms with E-state index in [0.717, 1.165) is 16.0 Å². The van der Waals surface area contributed by atoms with E-state index < -0.39 is 23.9 Å². The molecule has 170 valence electrons. The summed E-state index contributed by atoms with van der Waals surface area (Å²) in [7, 11) is 0. The molecule has 0 spiro atoms. The van der Waals surface area contributed by atoms with Gasteiger partial charge in [-0.25, -0.2) is 0 Å². The minimum absolute atomic E-state index is 0.147. The van der Waals surface area contributed by atoms with Crippen LogP contribution in [0.15, 0.2) is 110 Å². The number of rotatable bonds is 9. The standard InChI is InChI=1S/C29H26N2O3/c1-3-13-26(31-27(32)23-18-11-12-19-24(23)28(31)33)29(34)30(20-21-14-7-5-8-15-21)25(4-2)22-16-9-6-10-17-22/h3-12,14-19,25-26H,1-2,13,20H2/t25-,26?/m0/s1. The number of fused-ring (bicyclic) bond motifs is 1. The molecule has 5 nitrogen and oxygen atoms in total. The molecule has 4 rings (SSSR count). The van der Waals surface area contributed by atoms with Crippen LogP contribution < -0.4 is 0 Å². The van der Waals surface area contributed by atoms with Gasteiger partial charge >= 0.3 is 0 Å². The Morgan fingerprint density at radius 3 is 1.88 bits per heavy atom. The van der Waals surface area contributed by atoms with E-state index in [0.29, 0.717) is 17.7 Å². The Hall–Kier alpha value is -4.25. The highest BCUT2D eigenvalue weighted by Gasteiger charge is 2.44. The van der Waals surface area contributed by atoms with Crippen molar-refractivity contribution >= 4 is 17.7 Å². The van der Waals surface area contributed by atoms with Crippen molar-refractivity contribution in [1.29, 1.82) is 0 Å². The largest absolute Gasteiger partial charge is 0.326 e. The number of hydrogen-bond acceptors (Lipinski definition) is 3. The summed E-state index contributed by atoms with van der Waals surface area (Å²) in [5.41, 5.74) is 2.44. The smallest absolute Gasteiger partial charge is 0.262 e. The molecular weight excluding hydrogens is 424 g/mol. The first-order chi connectivity index (χ1) is 16.6. The number of amides is 3. The van der Waals surface area contributed by atoms with Crippen molar-refractivity contribution < 1.29 is 14.4 Å². The maximum Gasteiger partial charge on any atom is 0.262 e. The topological polar surface area (TPSA) is 57.7 Å². The quantitative estimate of drug-likeness (QED) is 0.333. The zero-order valence-corrected chi connectivity index (χ0v) is 18.8. The second-order valence-corrected chi connectivity index (χ2v) is 8.11. The fourth-order valence-electron chi connectivity index (χ4n) is 4.34. The molecule has 0 saturated heterocycles. The van der Waals surface area contributed by atoms with Crippen molar-refractivity contribution in [3.05, 3.63) is 132 Å². The van der Waals surface area contributed by atoms with Gasteiger partial charge in [-0.05, 0) is 29.7 Å². The zero-order chi connectivity index (χ0) is 24.1. The van der Waals surface area contributed by atoms with Gasteiger partial charge in [-0.3, -0.25) is 19.3 Å². The van der Waals surface area contributed by atoms with Crippen molar-refractivity contribution in [3.8, 4) is 0 Å². The van der Waals surface area contributed by atoms with Gasteiger partial charge in [-0.1, -0.05) is 84.9 Å². The van der Waals surface area contributed by atoms with Crippen LogP contribution in [-0.4, -0.2) is 33.6 Å². The van der Waals surface area contributed by atoms with Crippen molar-refractivity contribution in [2.75, 3.05) is 0 Å². The lowest BCUT2D eigenvalue weighted by Gasteiger charge is -2.35. The molecule has 0 aliphatic carbocycles. The summed E-state index contributed by atoms with van der Waals surface area (Å²) in [6.07, 6.45) is 3.43. The Bertz CT molecular complexity index is 1190. The first-order valence-electron chi connectivity index (χ1n) is 11.2. The van der Waals surface area contributed by atoms with E-state index in [1.54, 1.807) is 41.3 Å². The lowest BCUT2D eigenvalue weighted by Crippen LogP contribution is -2.51. The molecule has 1 heterocycles. The van der Waals surface area contributed by atoms with Gasteiger partial charge in [0, 0.05) is 6.54 Å². The van der Waals surface area contributed by atoms with Crippen molar-refractivity contribution in [2.45, 2.75) is 25.0 Å². The van der Waals surface area contributed by atoms with Crippen LogP contribution in [0.3, 0.4) is 0 Å². The van der Waals surface area contributed by atoms with Crippen LogP contribution in [0.4, 0.5) is 0 Å². The van der Waals surface area contributed by atoms with Gasteiger partial charge in [0.15, 0.2) is 0 Å². The van der Waals surface area contributed by atoms with E-state index in [-0.39, 0.29) is 12.3 Å². The normalized spacial score (nSPS) is 14.3. The van der Waals surface area contributed by atoms with Crippen LogP contribution in [-0.2, 0) is 11.3 Å². The molecule has 0 aromatic heterocycles. The lowest BCUT2D eigenvalue weighted by molar-refractivity contribution is -0.137. The molecule has 0 bridgehead atoms. The maximum atomic E-state index is 14.1. The second-order valence-electron chi connectivity index (χ2n) is 8.11. The summed E-state index contributed by atoms with van der Waals surface area (Å²) < 4.78 is 0. The predicted octanol–water partition coefficient (Wildman–Crippen LogP) is 5.18. The third kappa shape index (κ3) is 4.33. The van der Waals surface area contributed by atoms with Gasteiger partial charge in [0.2, 0.25) is 5.91 Å². The van der Waals surface area contributed by atoms with Crippen LogP contribution in [0.1, 0.15) is 44.3 Å². The minimum Gasteiger partial charge on any atom is -0.326 e. The Kier molecular flexibility index (Phi) is 6.83. The van der Waals surface area contributed by atoms with Crippen molar-refractivity contribution in [3.63, 3.8) is 0 Å². The van der Waals surface area contributed by atoms with E-state index in [1.807, 2.05) is 60.7 Å².